The second-order valence-electron chi connectivity index (χ2n) is 6.34. The van der Waals surface area contributed by atoms with Crippen LogP contribution in [0.3, 0.4) is 0 Å². The van der Waals surface area contributed by atoms with Gasteiger partial charge in [-0.15, -0.1) is 0 Å². The van der Waals surface area contributed by atoms with Crippen LogP contribution < -0.4 is 5.32 Å². The molecule has 0 radical (unpaired) electrons. The van der Waals surface area contributed by atoms with Gasteiger partial charge in [-0.2, -0.15) is 0 Å². The van der Waals surface area contributed by atoms with Gasteiger partial charge in [0, 0.05) is 49.8 Å². The SMILES string of the molecule is c1cc(CN2CCC3(CC2)CNCCO3)c2cc[nH]c2c1. The van der Waals surface area contributed by atoms with Crippen molar-refractivity contribution in [3.05, 3.63) is 36.0 Å². The molecule has 0 amide bonds. The summed E-state index contributed by atoms with van der Waals surface area (Å²) < 4.78 is 6.07. The fraction of sp³-hybridized carbons (Fsp3) is 0.529. The Balaban J connectivity index is 1.44. The second-order valence-corrected chi connectivity index (χ2v) is 6.34. The maximum absolute atomic E-state index is 6.07. The number of nitrogens with one attached hydrogen (secondary N) is 2. The number of benzene rings is 1. The number of aromatic amines is 1. The number of ether oxygens (including phenoxy) is 1. The van der Waals surface area contributed by atoms with E-state index >= 15 is 0 Å². The summed E-state index contributed by atoms with van der Waals surface area (Å²) >= 11 is 0. The van der Waals surface area contributed by atoms with Crippen LogP contribution in [0.2, 0.25) is 0 Å². The fourth-order valence-corrected chi connectivity index (χ4v) is 3.68. The number of fused-ring (bicyclic) bond motifs is 1. The molecule has 1 spiro atoms. The minimum atomic E-state index is 0.106. The molecule has 0 aliphatic carbocycles. The molecule has 0 unspecified atom stereocenters. The maximum atomic E-state index is 6.07. The molecule has 2 fully saturated rings. The Morgan fingerprint density at radius 1 is 1.19 bits per heavy atom. The van der Waals surface area contributed by atoms with Crippen LogP contribution in [0.25, 0.3) is 10.9 Å². The van der Waals surface area contributed by atoms with Crippen molar-refractivity contribution in [2.75, 3.05) is 32.8 Å². The van der Waals surface area contributed by atoms with Gasteiger partial charge in [0.15, 0.2) is 0 Å². The summed E-state index contributed by atoms with van der Waals surface area (Å²) in [5.74, 6) is 0. The largest absolute Gasteiger partial charge is 0.372 e. The van der Waals surface area contributed by atoms with Gasteiger partial charge in [0.25, 0.3) is 0 Å². The molecule has 1 aromatic carbocycles. The van der Waals surface area contributed by atoms with Crippen molar-refractivity contribution in [1.82, 2.24) is 15.2 Å². The van der Waals surface area contributed by atoms with Crippen LogP contribution in [0.5, 0.6) is 0 Å². The third kappa shape index (κ3) is 2.59. The first-order valence-corrected chi connectivity index (χ1v) is 7.97. The first-order valence-electron chi connectivity index (χ1n) is 7.97. The Morgan fingerprint density at radius 3 is 2.90 bits per heavy atom. The number of likely N-dealkylation sites (tertiary alicyclic amines) is 1. The van der Waals surface area contributed by atoms with Crippen molar-refractivity contribution in [2.24, 2.45) is 0 Å². The molecule has 2 saturated heterocycles. The summed E-state index contributed by atoms with van der Waals surface area (Å²) in [6.07, 6.45) is 4.31. The third-order valence-corrected chi connectivity index (χ3v) is 4.98. The predicted octanol–water partition coefficient (Wildman–Crippen LogP) is 2.12. The molecule has 2 aliphatic rings. The molecule has 4 nitrogen and oxygen atoms in total. The van der Waals surface area contributed by atoms with Crippen LogP contribution in [0.1, 0.15) is 18.4 Å². The molecule has 21 heavy (non-hydrogen) atoms. The summed E-state index contributed by atoms with van der Waals surface area (Å²) in [4.78, 5) is 5.86. The number of hydrogen-bond acceptors (Lipinski definition) is 3. The van der Waals surface area contributed by atoms with E-state index in [0.29, 0.717) is 0 Å². The first kappa shape index (κ1) is 13.3. The first-order chi connectivity index (χ1) is 10.3. The quantitative estimate of drug-likeness (QED) is 0.888. The van der Waals surface area contributed by atoms with Crippen molar-refractivity contribution < 1.29 is 4.74 Å². The number of hydrogen-bond donors (Lipinski definition) is 2. The maximum Gasteiger partial charge on any atom is 0.0831 e. The van der Waals surface area contributed by atoms with Gasteiger partial charge in [0.2, 0.25) is 0 Å². The molecule has 0 bridgehead atoms. The van der Waals surface area contributed by atoms with Gasteiger partial charge in [-0.3, -0.25) is 4.90 Å². The lowest BCUT2D eigenvalue weighted by Gasteiger charge is -2.44. The van der Waals surface area contributed by atoms with E-state index in [2.05, 4.69) is 39.5 Å². The zero-order chi connectivity index (χ0) is 14.1. The van der Waals surface area contributed by atoms with Gasteiger partial charge in [-0.25, -0.2) is 0 Å². The van der Waals surface area contributed by atoms with Crippen molar-refractivity contribution in [1.29, 1.82) is 0 Å². The van der Waals surface area contributed by atoms with Gasteiger partial charge in [-0.05, 0) is 30.5 Å². The smallest absolute Gasteiger partial charge is 0.0831 e. The fourth-order valence-electron chi connectivity index (χ4n) is 3.68. The van der Waals surface area contributed by atoms with Gasteiger partial charge < -0.3 is 15.0 Å². The Bertz CT molecular complexity index is 605. The minimum absolute atomic E-state index is 0.106. The Morgan fingerprint density at radius 2 is 2.10 bits per heavy atom. The Labute approximate surface area is 125 Å². The highest BCUT2D eigenvalue weighted by molar-refractivity contribution is 5.82. The molecule has 1 aromatic heterocycles. The molecule has 4 heteroatoms. The lowest BCUT2D eigenvalue weighted by Crippen LogP contribution is -2.55. The summed E-state index contributed by atoms with van der Waals surface area (Å²) in [5, 5.41) is 4.84. The normalized spacial score (nSPS) is 22.9. The molecule has 0 atom stereocenters. The number of rotatable bonds is 2. The molecule has 2 N–H and O–H groups in total. The summed E-state index contributed by atoms with van der Waals surface area (Å²) in [5.41, 5.74) is 2.77. The molecule has 3 heterocycles. The van der Waals surface area contributed by atoms with Gasteiger partial charge >= 0.3 is 0 Å². The topological polar surface area (TPSA) is 40.3 Å². The monoisotopic (exact) mass is 285 g/mol. The van der Waals surface area contributed by atoms with Crippen LogP contribution in [-0.4, -0.2) is 48.3 Å². The summed E-state index contributed by atoms with van der Waals surface area (Å²) in [7, 11) is 0. The van der Waals surface area contributed by atoms with Gasteiger partial charge in [0.05, 0.1) is 12.2 Å². The molecule has 112 valence electrons. The van der Waals surface area contributed by atoms with E-state index < -0.39 is 0 Å². The highest BCUT2D eigenvalue weighted by Crippen LogP contribution is 2.29. The molecule has 2 aromatic rings. The molecule has 2 aliphatic heterocycles. The lowest BCUT2D eigenvalue weighted by atomic mass is 9.90. The van der Waals surface area contributed by atoms with E-state index in [1.54, 1.807) is 0 Å². The molecular weight excluding hydrogens is 262 g/mol. The van der Waals surface area contributed by atoms with E-state index in [9.17, 15) is 0 Å². The molecule has 4 rings (SSSR count). The van der Waals surface area contributed by atoms with E-state index in [4.69, 9.17) is 4.74 Å². The predicted molar refractivity (Wildman–Crippen MR) is 84.4 cm³/mol. The Hall–Kier alpha value is -1.36. The van der Waals surface area contributed by atoms with Crippen LogP contribution in [0.15, 0.2) is 30.5 Å². The average Bonchev–Trinajstić information content (AvgIpc) is 3.00. The van der Waals surface area contributed by atoms with Crippen LogP contribution in [0, 0.1) is 0 Å². The number of piperidine rings is 1. The number of aromatic nitrogens is 1. The highest BCUT2D eigenvalue weighted by atomic mass is 16.5. The number of H-pyrrole nitrogens is 1. The van der Waals surface area contributed by atoms with E-state index in [0.717, 1.165) is 52.2 Å². The van der Waals surface area contributed by atoms with Gasteiger partial charge in [0.1, 0.15) is 0 Å². The van der Waals surface area contributed by atoms with Crippen molar-refractivity contribution >= 4 is 10.9 Å². The summed E-state index contributed by atoms with van der Waals surface area (Å²) in [6.45, 7) is 6.18. The van der Waals surface area contributed by atoms with Crippen molar-refractivity contribution in [3.63, 3.8) is 0 Å². The standard InChI is InChI=1S/C17H23N3O/c1-2-14(15-4-7-19-16(15)3-1)12-20-9-5-17(6-10-20)13-18-8-11-21-17/h1-4,7,18-19H,5-6,8-13H2. The zero-order valence-electron chi connectivity index (χ0n) is 12.4. The highest BCUT2D eigenvalue weighted by Gasteiger charge is 2.36. The van der Waals surface area contributed by atoms with Crippen LogP contribution in [0.4, 0.5) is 0 Å². The minimum Gasteiger partial charge on any atom is -0.372 e. The van der Waals surface area contributed by atoms with Crippen LogP contribution >= 0.6 is 0 Å². The van der Waals surface area contributed by atoms with Crippen molar-refractivity contribution in [2.45, 2.75) is 25.0 Å². The van der Waals surface area contributed by atoms with Crippen LogP contribution in [-0.2, 0) is 11.3 Å². The van der Waals surface area contributed by atoms with Crippen molar-refractivity contribution in [3.8, 4) is 0 Å². The average molecular weight is 285 g/mol. The van der Waals surface area contributed by atoms with Gasteiger partial charge in [-0.1, -0.05) is 12.1 Å². The number of morpholine rings is 1. The zero-order valence-corrected chi connectivity index (χ0v) is 12.4. The summed E-state index contributed by atoms with van der Waals surface area (Å²) in [6, 6.07) is 8.73. The van der Waals surface area contributed by atoms with E-state index in [1.165, 1.54) is 16.5 Å². The van der Waals surface area contributed by atoms with E-state index in [1.807, 2.05) is 6.20 Å². The van der Waals surface area contributed by atoms with E-state index in [-0.39, 0.29) is 5.60 Å². The third-order valence-electron chi connectivity index (χ3n) is 4.98. The number of nitrogens with zero attached hydrogens (tertiary/aromatic N) is 1. The second kappa shape index (κ2) is 5.44. The Kier molecular flexibility index (Phi) is 3.45. The molecular formula is C17H23N3O. The lowest BCUT2D eigenvalue weighted by molar-refractivity contribution is -0.100. The molecule has 0 saturated carbocycles.